The largest absolute Gasteiger partial charge is 0.494 e. The van der Waals surface area contributed by atoms with E-state index in [1.165, 1.54) is 0 Å². The lowest BCUT2D eigenvalue weighted by Crippen LogP contribution is -2.45. The van der Waals surface area contributed by atoms with Gasteiger partial charge in [-0.1, -0.05) is 12.1 Å². The zero-order chi connectivity index (χ0) is 17.8. The van der Waals surface area contributed by atoms with E-state index in [2.05, 4.69) is 20.7 Å². The summed E-state index contributed by atoms with van der Waals surface area (Å²) in [4.78, 5) is 16.6. The zero-order valence-electron chi connectivity index (χ0n) is 15.0. The third-order valence-electron chi connectivity index (χ3n) is 4.26. The summed E-state index contributed by atoms with van der Waals surface area (Å²) >= 11 is 0. The summed E-state index contributed by atoms with van der Waals surface area (Å²) in [5, 5.41) is 10.3. The second-order valence-electron chi connectivity index (χ2n) is 6.36. The summed E-state index contributed by atoms with van der Waals surface area (Å²) in [7, 11) is 0. The Morgan fingerprint density at radius 1 is 1.40 bits per heavy atom. The highest BCUT2D eigenvalue weighted by Gasteiger charge is 2.22. The molecule has 3 rings (SSSR count). The van der Waals surface area contributed by atoms with E-state index in [0.29, 0.717) is 19.7 Å². The van der Waals surface area contributed by atoms with E-state index in [-0.39, 0.29) is 12.1 Å². The average molecular weight is 343 g/mol. The summed E-state index contributed by atoms with van der Waals surface area (Å²) < 4.78 is 7.54. The number of amides is 2. The zero-order valence-corrected chi connectivity index (χ0v) is 15.0. The molecule has 1 aliphatic heterocycles. The molecule has 2 aromatic rings. The van der Waals surface area contributed by atoms with Crippen molar-refractivity contribution in [1.29, 1.82) is 0 Å². The monoisotopic (exact) mass is 343 g/mol. The summed E-state index contributed by atoms with van der Waals surface area (Å²) in [5.74, 6) is 2.60. The lowest BCUT2D eigenvalue weighted by molar-refractivity contribution is 0.231. The van der Waals surface area contributed by atoms with Gasteiger partial charge in [-0.2, -0.15) is 5.10 Å². The second kappa shape index (κ2) is 7.55. The Balaban J connectivity index is 1.54. The minimum absolute atomic E-state index is 0.0676. The maximum atomic E-state index is 12.2. The number of rotatable bonds is 5. The number of hydrogen-bond acceptors (Lipinski definition) is 4. The Bertz CT molecular complexity index is 756. The van der Waals surface area contributed by atoms with Crippen LogP contribution < -0.4 is 15.4 Å². The second-order valence-corrected chi connectivity index (χ2v) is 6.36. The number of ether oxygens (including phenoxy) is 1. The maximum Gasteiger partial charge on any atom is 0.315 e. The first kappa shape index (κ1) is 17.3. The van der Waals surface area contributed by atoms with Gasteiger partial charge in [-0.25, -0.2) is 14.5 Å². The molecule has 0 spiro atoms. The quantitative estimate of drug-likeness (QED) is 0.871. The number of nitrogens with one attached hydrogen (secondary N) is 2. The van der Waals surface area contributed by atoms with Crippen molar-refractivity contribution in [2.24, 2.45) is 0 Å². The number of fused-ring (bicyclic) bond motifs is 1. The van der Waals surface area contributed by atoms with Crippen LogP contribution in [-0.2, 0) is 19.5 Å². The summed E-state index contributed by atoms with van der Waals surface area (Å²) in [6.07, 6.45) is 1.71. The van der Waals surface area contributed by atoms with E-state index in [9.17, 15) is 4.79 Å². The van der Waals surface area contributed by atoms with Gasteiger partial charge in [0.1, 0.15) is 17.4 Å². The van der Waals surface area contributed by atoms with Crippen LogP contribution in [0.2, 0.25) is 0 Å². The van der Waals surface area contributed by atoms with Gasteiger partial charge in [-0.3, -0.25) is 0 Å². The van der Waals surface area contributed by atoms with Crippen LogP contribution in [0, 0.1) is 13.8 Å². The van der Waals surface area contributed by atoms with Crippen LogP contribution in [-0.4, -0.2) is 33.4 Å². The molecule has 2 heterocycles. The molecule has 0 saturated carbocycles. The third kappa shape index (κ3) is 4.29. The van der Waals surface area contributed by atoms with Crippen LogP contribution in [0.25, 0.3) is 0 Å². The fourth-order valence-corrected chi connectivity index (χ4v) is 3.06. The lowest BCUT2D eigenvalue weighted by atomic mass is 10.1. The minimum atomic E-state index is -0.173. The van der Waals surface area contributed by atoms with Gasteiger partial charge >= 0.3 is 6.03 Å². The predicted molar refractivity (Wildman–Crippen MR) is 94.6 cm³/mol. The van der Waals surface area contributed by atoms with Crippen LogP contribution in [0.1, 0.15) is 36.1 Å². The highest BCUT2D eigenvalue weighted by atomic mass is 16.5. The van der Waals surface area contributed by atoms with Crippen molar-refractivity contribution in [2.75, 3.05) is 6.61 Å². The van der Waals surface area contributed by atoms with E-state index >= 15 is 0 Å². The number of carbonyl (C=O) groups is 1. The third-order valence-corrected chi connectivity index (χ3v) is 4.26. The fraction of sp³-hybridized carbons (Fsp3) is 0.500. The molecule has 2 N–H and O–H groups in total. The number of urea groups is 1. The minimum Gasteiger partial charge on any atom is -0.494 e. The molecule has 25 heavy (non-hydrogen) atoms. The molecule has 2 amide bonds. The fourth-order valence-electron chi connectivity index (χ4n) is 3.06. The average Bonchev–Trinajstić information content (AvgIpc) is 2.94. The van der Waals surface area contributed by atoms with Crippen molar-refractivity contribution in [2.45, 2.75) is 52.7 Å². The van der Waals surface area contributed by atoms with Gasteiger partial charge in [-0.05, 0) is 38.8 Å². The standard InChI is InChI=1S/C18H25N5O2/c1-4-25-16-9-12(2)5-6-14(16)10-19-18(24)21-15-7-8-17-20-13(3)22-23(17)11-15/h5-6,9,15H,4,7-8,10-11H2,1-3H3,(H2,19,21,24)/t15-/m0/s1. The van der Waals surface area contributed by atoms with Crippen LogP contribution in [0.5, 0.6) is 5.75 Å². The number of benzene rings is 1. The molecule has 0 aliphatic carbocycles. The van der Waals surface area contributed by atoms with E-state index in [4.69, 9.17) is 4.74 Å². The lowest BCUT2D eigenvalue weighted by Gasteiger charge is -2.23. The smallest absolute Gasteiger partial charge is 0.315 e. The molecule has 7 heteroatoms. The SMILES string of the molecule is CCOc1cc(C)ccc1CNC(=O)N[C@H]1CCc2nc(C)nn2C1. The highest BCUT2D eigenvalue weighted by molar-refractivity contribution is 5.74. The predicted octanol–water partition coefficient (Wildman–Crippen LogP) is 2.11. The van der Waals surface area contributed by atoms with E-state index in [1.807, 2.05) is 43.7 Å². The Kier molecular flexibility index (Phi) is 5.21. The topological polar surface area (TPSA) is 81.1 Å². The molecule has 1 aliphatic rings. The number of hydrogen-bond donors (Lipinski definition) is 2. The Morgan fingerprint density at radius 3 is 3.04 bits per heavy atom. The van der Waals surface area contributed by atoms with Crippen molar-refractivity contribution in [3.8, 4) is 5.75 Å². The van der Waals surface area contributed by atoms with Crippen molar-refractivity contribution >= 4 is 6.03 Å². The first-order chi connectivity index (χ1) is 12.0. The van der Waals surface area contributed by atoms with Gasteiger partial charge in [-0.15, -0.1) is 0 Å². The first-order valence-corrected chi connectivity index (χ1v) is 8.72. The molecule has 1 atom stereocenters. The van der Waals surface area contributed by atoms with E-state index < -0.39 is 0 Å². The number of nitrogens with zero attached hydrogens (tertiary/aromatic N) is 3. The van der Waals surface area contributed by atoms with E-state index in [1.54, 1.807) is 0 Å². The molecule has 0 saturated heterocycles. The number of carbonyl (C=O) groups excluding carboxylic acids is 1. The molecule has 1 aromatic heterocycles. The Labute approximate surface area is 147 Å². The van der Waals surface area contributed by atoms with Gasteiger partial charge in [0.2, 0.25) is 0 Å². The van der Waals surface area contributed by atoms with Crippen molar-refractivity contribution < 1.29 is 9.53 Å². The van der Waals surface area contributed by atoms with Gasteiger partial charge in [0.05, 0.1) is 19.2 Å². The molecule has 134 valence electrons. The van der Waals surface area contributed by atoms with Crippen molar-refractivity contribution in [1.82, 2.24) is 25.4 Å². The molecule has 0 bridgehead atoms. The van der Waals surface area contributed by atoms with Gasteiger partial charge < -0.3 is 15.4 Å². The van der Waals surface area contributed by atoms with Crippen LogP contribution in [0.15, 0.2) is 18.2 Å². The number of aromatic nitrogens is 3. The van der Waals surface area contributed by atoms with Gasteiger partial charge in [0.25, 0.3) is 0 Å². The molecule has 0 fully saturated rings. The molecule has 0 radical (unpaired) electrons. The highest BCUT2D eigenvalue weighted by Crippen LogP contribution is 2.20. The molecule has 0 unspecified atom stereocenters. The Morgan fingerprint density at radius 2 is 2.24 bits per heavy atom. The summed E-state index contributed by atoms with van der Waals surface area (Å²) in [6, 6.07) is 5.90. The molecular formula is C18H25N5O2. The number of aryl methyl sites for hydroxylation is 3. The van der Waals surface area contributed by atoms with Crippen LogP contribution in [0.3, 0.4) is 0 Å². The van der Waals surface area contributed by atoms with Crippen molar-refractivity contribution in [3.63, 3.8) is 0 Å². The van der Waals surface area contributed by atoms with Crippen LogP contribution in [0.4, 0.5) is 4.79 Å². The summed E-state index contributed by atoms with van der Waals surface area (Å²) in [5.41, 5.74) is 2.11. The first-order valence-electron chi connectivity index (χ1n) is 8.72. The molecule has 1 aromatic carbocycles. The molecular weight excluding hydrogens is 318 g/mol. The molecule has 7 nitrogen and oxygen atoms in total. The van der Waals surface area contributed by atoms with Gasteiger partial charge in [0, 0.05) is 18.5 Å². The maximum absolute atomic E-state index is 12.2. The van der Waals surface area contributed by atoms with E-state index in [0.717, 1.165) is 41.4 Å². The van der Waals surface area contributed by atoms with Crippen LogP contribution >= 0.6 is 0 Å². The summed E-state index contributed by atoms with van der Waals surface area (Å²) in [6.45, 7) is 7.56. The van der Waals surface area contributed by atoms with Crippen molar-refractivity contribution in [3.05, 3.63) is 41.0 Å². The Hall–Kier alpha value is -2.57. The normalized spacial score (nSPS) is 16.2. The van der Waals surface area contributed by atoms with Gasteiger partial charge in [0.15, 0.2) is 0 Å².